The molecule has 116 valence electrons. The van der Waals surface area contributed by atoms with E-state index in [1.807, 2.05) is 0 Å². The van der Waals surface area contributed by atoms with Crippen molar-refractivity contribution >= 4 is 0 Å². The van der Waals surface area contributed by atoms with E-state index >= 15 is 0 Å². The SMILES string of the molecule is FC(F)(F)c1ccccc1CNC1CCC12CCCCC2. The van der Waals surface area contributed by atoms with Gasteiger partial charge in [-0.05, 0) is 42.7 Å². The van der Waals surface area contributed by atoms with E-state index in [9.17, 15) is 13.2 Å². The predicted octanol–water partition coefficient (Wildman–Crippen LogP) is 4.91. The Kier molecular flexibility index (Phi) is 4.00. The largest absolute Gasteiger partial charge is 0.416 e. The zero-order chi connectivity index (χ0) is 14.9. The van der Waals surface area contributed by atoms with Crippen LogP contribution in [0.3, 0.4) is 0 Å². The van der Waals surface area contributed by atoms with Gasteiger partial charge in [-0.1, -0.05) is 37.5 Å². The molecule has 2 saturated carbocycles. The first-order valence-corrected chi connectivity index (χ1v) is 7.90. The fourth-order valence-corrected chi connectivity index (χ4v) is 4.05. The molecule has 1 spiro atoms. The summed E-state index contributed by atoms with van der Waals surface area (Å²) in [7, 11) is 0. The summed E-state index contributed by atoms with van der Waals surface area (Å²) in [5, 5.41) is 3.41. The Morgan fingerprint density at radius 2 is 1.76 bits per heavy atom. The van der Waals surface area contributed by atoms with E-state index in [4.69, 9.17) is 0 Å². The molecule has 0 bridgehead atoms. The molecule has 2 fully saturated rings. The van der Waals surface area contributed by atoms with Crippen LogP contribution in [0.5, 0.6) is 0 Å². The summed E-state index contributed by atoms with van der Waals surface area (Å²) < 4.78 is 39.0. The number of benzene rings is 1. The van der Waals surface area contributed by atoms with Crippen molar-refractivity contribution in [2.24, 2.45) is 5.41 Å². The van der Waals surface area contributed by atoms with Gasteiger partial charge in [-0.15, -0.1) is 0 Å². The third-order valence-electron chi connectivity index (χ3n) is 5.38. The first-order chi connectivity index (χ1) is 10.0. The molecule has 1 atom stereocenters. The van der Waals surface area contributed by atoms with Crippen LogP contribution in [0.1, 0.15) is 56.1 Å². The summed E-state index contributed by atoms with van der Waals surface area (Å²) in [6, 6.07) is 6.30. The summed E-state index contributed by atoms with van der Waals surface area (Å²) in [5.74, 6) is 0. The van der Waals surface area contributed by atoms with Crippen LogP contribution in [0.4, 0.5) is 13.2 Å². The maximum Gasteiger partial charge on any atom is 0.416 e. The number of halogens is 3. The minimum atomic E-state index is -4.26. The molecule has 0 saturated heterocycles. The van der Waals surface area contributed by atoms with Crippen molar-refractivity contribution in [3.05, 3.63) is 35.4 Å². The van der Waals surface area contributed by atoms with Crippen molar-refractivity contribution in [3.8, 4) is 0 Å². The zero-order valence-electron chi connectivity index (χ0n) is 12.2. The first kappa shape index (κ1) is 14.9. The summed E-state index contributed by atoms with van der Waals surface area (Å²) >= 11 is 0. The van der Waals surface area contributed by atoms with E-state index in [0.717, 1.165) is 6.42 Å². The van der Waals surface area contributed by atoms with Gasteiger partial charge in [0.1, 0.15) is 0 Å². The molecule has 0 aliphatic heterocycles. The van der Waals surface area contributed by atoms with Crippen LogP contribution < -0.4 is 5.32 Å². The highest BCUT2D eigenvalue weighted by molar-refractivity contribution is 5.29. The van der Waals surface area contributed by atoms with Gasteiger partial charge in [0.15, 0.2) is 0 Å². The van der Waals surface area contributed by atoms with E-state index < -0.39 is 11.7 Å². The molecule has 1 nitrogen and oxygen atoms in total. The maximum atomic E-state index is 13.0. The first-order valence-electron chi connectivity index (χ1n) is 7.90. The predicted molar refractivity (Wildman–Crippen MR) is 76.8 cm³/mol. The zero-order valence-corrected chi connectivity index (χ0v) is 12.2. The van der Waals surface area contributed by atoms with Crippen molar-refractivity contribution in [3.63, 3.8) is 0 Å². The standard InChI is InChI=1S/C17H22F3N/c18-17(19,20)14-7-3-2-6-13(14)12-21-15-8-11-16(15)9-4-1-5-10-16/h2-3,6-7,15,21H,1,4-5,8-12H2. The van der Waals surface area contributed by atoms with Crippen LogP contribution in [0.25, 0.3) is 0 Å². The summed E-state index contributed by atoms with van der Waals surface area (Å²) in [6.07, 6.45) is 4.43. The van der Waals surface area contributed by atoms with Crippen molar-refractivity contribution in [2.75, 3.05) is 0 Å². The fraction of sp³-hybridized carbons (Fsp3) is 0.647. The molecule has 21 heavy (non-hydrogen) atoms. The van der Waals surface area contributed by atoms with E-state index in [-0.39, 0.29) is 0 Å². The minimum absolute atomic E-state index is 0.322. The average Bonchev–Trinajstić information content (AvgIpc) is 2.46. The number of alkyl halides is 3. The average molecular weight is 297 g/mol. The number of rotatable bonds is 3. The lowest BCUT2D eigenvalue weighted by atomic mass is 9.57. The normalized spacial score (nSPS) is 24.8. The van der Waals surface area contributed by atoms with Crippen LogP contribution in [0.2, 0.25) is 0 Å². The summed E-state index contributed by atoms with van der Waals surface area (Å²) in [5.41, 5.74) is 0.239. The van der Waals surface area contributed by atoms with Crippen molar-refractivity contribution < 1.29 is 13.2 Å². The Morgan fingerprint density at radius 1 is 1.05 bits per heavy atom. The van der Waals surface area contributed by atoms with Gasteiger partial charge in [0.2, 0.25) is 0 Å². The van der Waals surface area contributed by atoms with Gasteiger partial charge in [-0.3, -0.25) is 0 Å². The summed E-state index contributed by atoms with van der Waals surface area (Å²) in [6.45, 7) is 0.322. The molecule has 1 unspecified atom stereocenters. The molecule has 0 aromatic heterocycles. The van der Waals surface area contributed by atoms with Gasteiger partial charge in [0.05, 0.1) is 5.56 Å². The van der Waals surface area contributed by atoms with Gasteiger partial charge in [0.25, 0.3) is 0 Å². The lowest BCUT2D eigenvalue weighted by molar-refractivity contribution is -0.138. The Bertz CT molecular complexity index is 489. The van der Waals surface area contributed by atoms with Crippen molar-refractivity contribution in [2.45, 2.75) is 63.7 Å². The van der Waals surface area contributed by atoms with E-state index in [0.29, 0.717) is 23.6 Å². The molecule has 4 heteroatoms. The molecular formula is C17H22F3N. The molecule has 1 aromatic carbocycles. The van der Waals surface area contributed by atoms with E-state index in [1.165, 1.54) is 50.7 Å². The maximum absolute atomic E-state index is 13.0. The smallest absolute Gasteiger partial charge is 0.309 e. The highest BCUT2D eigenvalue weighted by atomic mass is 19.4. The van der Waals surface area contributed by atoms with E-state index in [1.54, 1.807) is 12.1 Å². The van der Waals surface area contributed by atoms with Crippen LogP contribution in [-0.4, -0.2) is 6.04 Å². The third-order valence-corrected chi connectivity index (χ3v) is 5.38. The van der Waals surface area contributed by atoms with Crippen LogP contribution in [-0.2, 0) is 12.7 Å². The third kappa shape index (κ3) is 2.96. The number of nitrogens with one attached hydrogen (secondary N) is 1. The van der Waals surface area contributed by atoms with Crippen LogP contribution >= 0.6 is 0 Å². The minimum Gasteiger partial charge on any atom is -0.309 e. The second-order valence-electron chi connectivity index (χ2n) is 6.55. The molecular weight excluding hydrogens is 275 g/mol. The molecule has 1 aromatic rings. The molecule has 2 aliphatic rings. The van der Waals surface area contributed by atoms with Crippen LogP contribution in [0, 0.1) is 5.41 Å². The van der Waals surface area contributed by atoms with Gasteiger partial charge < -0.3 is 5.32 Å². The fourth-order valence-electron chi connectivity index (χ4n) is 4.05. The van der Waals surface area contributed by atoms with E-state index in [2.05, 4.69) is 5.32 Å². The summed E-state index contributed by atoms with van der Waals surface area (Å²) in [4.78, 5) is 0. The number of hydrogen-bond donors (Lipinski definition) is 1. The topological polar surface area (TPSA) is 12.0 Å². The Morgan fingerprint density at radius 3 is 2.38 bits per heavy atom. The highest BCUT2D eigenvalue weighted by Crippen LogP contribution is 2.51. The van der Waals surface area contributed by atoms with Gasteiger partial charge in [-0.25, -0.2) is 0 Å². The molecule has 1 N–H and O–H groups in total. The Hall–Kier alpha value is -1.03. The molecule has 2 aliphatic carbocycles. The molecule has 0 radical (unpaired) electrons. The Labute approximate surface area is 123 Å². The van der Waals surface area contributed by atoms with Crippen molar-refractivity contribution in [1.29, 1.82) is 0 Å². The van der Waals surface area contributed by atoms with Gasteiger partial charge in [0, 0.05) is 12.6 Å². The quantitative estimate of drug-likeness (QED) is 0.836. The number of hydrogen-bond acceptors (Lipinski definition) is 1. The lowest BCUT2D eigenvalue weighted by Crippen LogP contribution is -2.54. The van der Waals surface area contributed by atoms with Crippen molar-refractivity contribution in [1.82, 2.24) is 5.32 Å². The lowest BCUT2D eigenvalue weighted by Gasteiger charge is -2.52. The van der Waals surface area contributed by atoms with Gasteiger partial charge >= 0.3 is 6.18 Å². The second kappa shape index (κ2) is 5.64. The monoisotopic (exact) mass is 297 g/mol. The molecule has 0 heterocycles. The Balaban J connectivity index is 1.66. The molecule has 3 rings (SSSR count). The van der Waals surface area contributed by atoms with Crippen LogP contribution in [0.15, 0.2) is 24.3 Å². The van der Waals surface area contributed by atoms with Gasteiger partial charge in [-0.2, -0.15) is 13.2 Å². The molecule has 0 amide bonds. The highest BCUT2D eigenvalue weighted by Gasteiger charge is 2.46. The second-order valence-corrected chi connectivity index (χ2v) is 6.55.